The van der Waals surface area contributed by atoms with Gasteiger partial charge in [0.05, 0.1) is 6.61 Å². The first-order valence-electron chi connectivity index (χ1n) is 6.92. The lowest BCUT2D eigenvalue weighted by Gasteiger charge is -2.14. The Hall–Kier alpha value is -0.860. The van der Waals surface area contributed by atoms with Gasteiger partial charge in [0, 0.05) is 0 Å². The van der Waals surface area contributed by atoms with Crippen LogP contribution in [0.2, 0.25) is 0 Å². The van der Waals surface area contributed by atoms with E-state index in [4.69, 9.17) is 32.7 Å². The Morgan fingerprint density at radius 3 is 2.30 bits per heavy atom. The van der Waals surface area contributed by atoms with Crippen molar-refractivity contribution in [2.75, 3.05) is 13.2 Å². The molecule has 1 aromatic rings. The largest absolute Gasteiger partial charge is 0.493 e. The second-order valence-corrected chi connectivity index (χ2v) is 5.75. The second kappa shape index (κ2) is 9.15. The molecule has 0 fully saturated rings. The van der Waals surface area contributed by atoms with Gasteiger partial charge in [-0.05, 0) is 49.6 Å². The van der Waals surface area contributed by atoms with E-state index >= 15 is 0 Å². The third-order valence-corrected chi connectivity index (χ3v) is 3.22. The highest BCUT2D eigenvalue weighted by Gasteiger charge is 2.07. The highest BCUT2D eigenvalue weighted by atomic mass is 35.5. The average Bonchev–Trinajstić information content (AvgIpc) is 2.36. The number of rotatable bonds is 8. The zero-order valence-electron chi connectivity index (χ0n) is 12.3. The quantitative estimate of drug-likeness (QED) is 0.584. The van der Waals surface area contributed by atoms with Crippen molar-refractivity contribution in [3.05, 3.63) is 33.8 Å². The van der Waals surface area contributed by atoms with Crippen molar-refractivity contribution in [3.8, 4) is 11.5 Å². The van der Waals surface area contributed by atoms with E-state index in [0.717, 1.165) is 35.7 Å². The Balaban J connectivity index is 2.63. The van der Waals surface area contributed by atoms with E-state index in [1.165, 1.54) is 12.8 Å². The Labute approximate surface area is 131 Å². The second-order valence-electron chi connectivity index (χ2n) is 4.75. The number of benzene rings is 1. The minimum Gasteiger partial charge on any atom is -0.493 e. The summed E-state index contributed by atoms with van der Waals surface area (Å²) in [5.74, 6) is 1.76. The van der Waals surface area contributed by atoms with Gasteiger partial charge in [-0.2, -0.15) is 0 Å². The van der Waals surface area contributed by atoms with Crippen LogP contribution >= 0.6 is 23.2 Å². The van der Waals surface area contributed by atoms with E-state index in [9.17, 15) is 0 Å². The van der Waals surface area contributed by atoms with Crippen molar-refractivity contribution in [1.82, 2.24) is 0 Å². The standard InChI is InChI=1S/C16H22Cl2O2/c1-4-5-6-8-20-16-12(2)10-14(11-13(16)3)19-9-7-15(17)18/h7,10-11H,4-6,8-9H2,1-3H3. The van der Waals surface area contributed by atoms with Crippen molar-refractivity contribution < 1.29 is 9.47 Å². The van der Waals surface area contributed by atoms with Gasteiger partial charge in [-0.25, -0.2) is 0 Å². The lowest BCUT2D eigenvalue weighted by atomic mass is 10.1. The summed E-state index contributed by atoms with van der Waals surface area (Å²) in [4.78, 5) is 0. The predicted octanol–water partition coefficient (Wildman–Crippen LogP) is 5.57. The summed E-state index contributed by atoms with van der Waals surface area (Å²) in [6, 6.07) is 3.94. The molecule has 1 aromatic carbocycles. The molecule has 0 N–H and O–H groups in total. The molecule has 0 atom stereocenters. The van der Waals surface area contributed by atoms with Gasteiger partial charge in [-0.1, -0.05) is 43.0 Å². The summed E-state index contributed by atoms with van der Waals surface area (Å²) < 4.78 is 11.7. The van der Waals surface area contributed by atoms with Gasteiger partial charge in [0.25, 0.3) is 0 Å². The molecule has 0 aliphatic heterocycles. The third kappa shape index (κ3) is 6.06. The minimum absolute atomic E-state index is 0.217. The summed E-state index contributed by atoms with van der Waals surface area (Å²) in [7, 11) is 0. The van der Waals surface area contributed by atoms with Crippen LogP contribution in [-0.4, -0.2) is 13.2 Å². The first-order chi connectivity index (χ1) is 9.54. The van der Waals surface area contributed by atoms with Crippen LogP contribution in [0.15, 0.2) is 22.7 Å². The normalized spacial score (nSPS) is 10.2. The van der Waals surface area contributed by atoms with Gasteiger partial charge in [-0.3, -0.25) is 0 Å². The zero-order chi connectivity index (χ0) is 15.0. The third-order valence-electron chi connectivity index (χ3n) is 2.92. The molecular weight excluding hydrogens is 295 g/mol. The van der Waals surface area contributed by atoms with E-state index in [2.05, 4.69) is 6.92 Å². The van der Waals surface area contributed by atoms with Gasteiger partial charge in [0.2, 0.25) is 0 Å². The van der Waals surface area contributed by atoms with Gasteiger partial charge in [0.15, 0.2) is 0 Å². The Morgan fingerprint density at radius 1 is 1.10 bits per heavy atom. The van der Waals surface area contributed by atoms with Crippen LogP contribution in [0.1, 0.15) is 37.3 Å². The summed E-state index contributed by atoms with van der Waals surface area (Å²) in [6.45, 7) is 7.36. The van der Waals surface area contributed by atoms with Crippen LogP contribution in [-0.2, 0) is 0 Å². The van der Waals surface area contributed by atoms with Crippen LogP contribution in [0.25, 0.3) is 0 Å². The average molecular weight is 317 g/mol. The molecule has 0 unspecified atom stereocenters. The molecule has 112 valence electrons. The molecule has 1 rings (SSSR count). The smallest absolute Gasteiger partial charge is 0.125 e. The van der Waals surface area contributed by atoms with Crippen molar-refractivity contribution in [3.63, 3.8) is 0 Å². The Bertz CT molecular complexity index is 429. The summed E-state index contributed by atoms with van der Waals surface area (Å²) in [5.41, 5.74) is 2.16. The molecule has 4 heteroatoms. The van der Waals surface area contributed by atoms with Crippen LogP contribution < -0.4 is 9.47 Å². The van der Waals surface area contributed by atoms with Crippen LogP contribution in [0, 0.1) is 13.8 Å². The molecule has 0 saturated heterocycles. The Morgan fingerprint density at radius 2 is 1.75 bits per heavy atom. The van der Waals surface area contributed by atoms with Crippen molar-refractivity contribution in [1.29, 1.82) is 0 Å². The van der Waals surface area contributed by atoms with Gasteiger partial charge >= 0.3 is 0 Å². The van der Waals surface area contributed by atoms with E-state index in [1.54, 1.807) is 6.08 Å². The molecule has 0 radical (unpaired) electrons. The van der Waals surface area contributed by atoms with Gasteiger partial charge in [0.1, 0.15) is 22.6 Å². The van der Waals surface area contributed by atoms with E-state index in [1.807, 2.05) is 26.0 Å². The minimum atomic E-state index is 0.217. The highest BCUT2D eigenvalue weighted by molar-refractivity contribution is 6.55. The molecular formula is C16H22Cl2O2. The lowest BCUT2D eigenvalue weighted by molar-refractivity contribution is 0.301. The zero-order valence-corrected chi connectivity index (χ0v) is 13.9. The number of aryl methyl sites for hydroxylation is 2. The summed E-state index contributed by atoms with van der Waals surface area (Å²) >= 11 is 11.1. The molecule has 0 spiro atoms. The molecule has 2 nitrogen and oxygen atoms in total. The number of ether oxygens (including phenoxy) is 2. The van der Waals surface area contributed by atoms with Crippen molar-refractivity contribution in [2.45, 2.75) is 40.0 Å². The van der Waals surface area contributed by atoms with Crippen LogP contribution in [0.3, 0.4) is 0 Å². The van der Waals surface area contributed by atoms with E-state index in [0.29, 0.717) is 6.61 Å². The highest BCUT2D eigenvalue weighted by Crippen LogP contribution is 2.28. The topological polar surface area (TPSA) is 18.5 Å². The molecule has 0 amide bonds. The number of unbranched alkanes of at least 4 members (excludes halogenated alkanes) is 2. The molecule has 0 saturated carbocycles. The fourth-order valence-corrected chi connectivity index (χ4v) is 2.07. The number of hydrogen-bond donors (Lipinski definition) is 0. The first kappa shape index (κ1) is 17.2. The fraction of sp³-hybridized carbons (Fsp3) is 0.500. The first-order valence-corrected chi connectivity index (χ1v) is 7.68. The number of halogens is 2. The van der Waals surface area contributed by atoms with Crippen LogP contribution in [0.4, 0.5) is 0 Å². The molecule has 20 heavy (non-hydrogen) atoms. The van der Waals surface area contributed by atoms with Crippen molar-refractivity contribution in [2.24, 2.45) is 0 Å². The van der Waals surface area contributed by atoms with Gasteiger partial charge < -0.3 is 9.47 Å². The maximum Gasteiger partial charge on any atom is 0.125 e. The van der Waals surface area contributed by atoms with E-state index < -0.39 is 0 Å². The molecule has 0 aliphatic rings. The molecule has 0 heterocycles. The van der Waals surface area contributed by atoms with E-state index in [-0.39, 0.29) is 4.49 Å². The number of hydrogen-bond acceptors (Lipinski definition) is 2. The predicted molar refractivity (Wildman–Crippen MR) is 86.2 cm³/mol. The molecule has 0 aliphatic carbocycles. The van der Waals surface area contributed by atoms with Crippen molar-refractivity contribution >= 4 is 23.2 Å². The maximum absolute atomic E-state index is 5.86. The molecule has 0 bridgehead atoms. The maximum atomic E-state index is 5.86. The molecule has 0 aromatic heterocycles. The fourth-order valence-electron chi connectivity index (χ4n) is 1.95. The summed E-state index contributed by atoms with van der Waals surface area (Å²) in [5, 5.41) is 0. The lowest BCUT2D eigenvalue weighted by Crippen LogP contribution is -2.02. The SMILES string of the molecule is CCCCCOc1c(C)cc(OCC=C(Cl)Cl)cc1C. The van der Waals surface area contributed by atoms with Crippen LogP contribution in [0.5, 0.6) is 11.5 Å². The summed E-state index contributed by atoms with van der Waals surface area (Å²) in [6.07, 6.45) is 5.10. The monoisotopic (exact) mass is 316 g/mol. The Kier molecular flexibility index (Phi) is 7.86. The van der Waals surface area contributed by atoms with Gasteiger partial charge in [-0.15, -0.1) is 0 Å².